The summed E-state index contributed by atoms with van der Waals surface area (Å²) in [5.41, 5.74) is -3.20. The molecular weight excluding hydrogens is 458 g/mol. The second-order valence-corrected chi connectivity index (χ2v) is 6.95. The number of nitrogens with one attached hydrogen (secondary N) is 3. The summed E-state index contributed by atoms with van der Waals surface area (Å²) in [7, 11) is 0. The first-order valence-corrected chi connectivity index (χ1v) is 9.53. The van der Waals surface area contributed by atoms with Gasteiger partial charge >= 0.3 is 24.4 Å². The fraction of sp³-hybridized carbons (Fsp3) is 0.300. The Bertz CT molecular complexity index is 1020. The van der Waals surface area contributed by atoms with Crippen molar-refractivity contribution in [2.45, 2.75) is 12.4 Å². The Morgan fingerprint density at radius 1 is 0.818 bits per heavy atom. The van der Waals surface area contributed by atoms with Crippen molar-refractivity contribution in [1.82, 2.24) is 4.90 Å². The van der Waals surface area contributed by atoms with Crippen molar-refractivity contribution in [1.29, 1.82) is 0 Å². The molecule has 0 spiro atoms. The Kier molecular flexibility index (Phi) is 7.01. The van der Waals surface area contributed by atoms with Gasteiger partial charge in [-0.3, -0.25) is 0 Å². The van der Waals surface area contributed by atoms with Crippen molar-refractivity contribution in [3.8, 4) is 0 Å². The number of amides is 4. The molecule has 178 valence electrons. The van der Waals surface area contributed by atoms with Gasteiger partial charge in [-0.1, -0.05) is 6.07 Å². The van der Waals surface area contributed by atoms with Gasteiger partial charge in [0.1, 0.15) is 0 Å². The lowest BCUT2D eigenvalue weighted by Gasteiger charge is -2.27. The van der Waals surface area contributed by atoms with Gasteiger partial charge in [0.25, 0.3) is 0 Å². The van der Waals surface area contributed by atoms with E-state index in [-0.39, 0.29) is 37.7 Å². The van der Waals surface area contributed by atoms with E-state index >= 15 is 0 Å². The molecule has 3 N–H and O–H groups in total. The third-order valence-electron chi connectivity index (χ3n) is 4.57. The normalized spacial score (nSPS) is 14.5. The fourth-order valence-electron chi connectivity index (χ4n) is 2.99. The van der Waals surface area contributed by atoms with Crippen LogP contribution in [0.3, 0.4) is 0 Å². The smallest absolute Gasteiger partial charge is 0.378 e. The molecule has 1 heterocycles. The number of carbonyl (C=O) groups is 2. The summed E-state index contributed by atoms with van der Waals surface area (Å²) < 4.78 is 84.1. The molecular formula is C20H18F6N4O3. The van der Waals surface area contributed by atoms with Crippen molar-refractivity contribution in [2.75, 3.05) is 42.3 Å². The molecule has 1 aliphatic heterocycles. The number of morpholine rings is 1. The monoisotopic (exact) mass is 476 g/mol. The molecule has 0 aliphatic carbocycles. The summed E-state index contributed by atoms with van der Waals surface area (Å²) >= 11 is 0. The molecule has 0 aromatic heterocycles. The third kappa shape index (κ3) is 6.51. The standard InChI is InChI=1S/C20H18F6N4O3/c21-19(22,23)12-2-1-3-13(10-12)27-17(31)28-14-4-5-16(15(11-14)20(24,25)26)29-18(32)30-6-8-33-9-7-30/h1-5,10-11H,6-9H2,(H,29,32)(H2,27,28,31). The van der Waals surface area contributed by atoms with Gasteiger partial charge in [0.05, 0.1) is 30.0 Å². The average molecular weight is 476 g/mol. The fourth-order valence-corrected chi connectivity index (χ4v) is 2.99. The predicted octanol–water partition coefficient (Wildman–Crippen LogP) is 5.23. The predicted molar refractivity (Wildman–Crippen MR) is 107 cm³/mol. The van der Waals surface area contributed by atoms with Crippen molar-refractivity contribution in [3.63, 3.8) is 0 Å². The van der Waals surface area contributed by atoms with Crippen LogP contribution in [-0.2, 0) is 17.1 Å². The zero-order chi connectivity index (χ0) is 24.2. The topological polar surface area (TPSA) is 82.7 Å². The van der Waals surface area contributed by atoms with Gasteiger partial charge in [0.15, 0.2) is 0 Å². The van der Waals surface area contributed by atoms with Crippen LogP contribution in [0.2, 0.25) is 0 Å². The lowest BCUT2D eigenvalue weighted by atomic mass is 10.1. The molecule has 1 saturated heterocycles. The van der Waals surface area contributed by atoms with Crippen LogP contribution >= 0.6 is 0 Å². The molecule has 0 unspecified atom stereocenters. The Labute approximate surface area is 183 Å². The molecule has 3 rings (SSSR count). The molecule has 2 aromatic carbocycles. The maximum atomic E-state index is 13.5. The van der Waals surface area contributed by atoms with Crippen LogP contribution in [0.15, 0.2) is 42.5 Å². The van der Waals surface area contributed by atoms with Crippen LogP contribution < -0.4 is 16.0 Å². The lowest BCUT2D eigenvalue weighted by molar-refractivity contribution is -0.138. The zero-order valence-electron chi connectivity index (χ0n) is 16.8. The lowest BCUT2D eigenvalue weighted by Crippen LogP contribution is -2.43. The number of halogens is 6. The minimum Gasteiger partial charge on any atom is -0.378 e. The van der Waals surface area contributed by atoms with Gasteiger partial charge in [-0.25, -0.2) is 9.59 Å². The molecule has 13 heteroatoms. The quantitative estimate of drug-likeness (QED) is 0.531. The van der Waals surface area contributed by atoms with E-state index in [9.17, 15) is 35.9 Å². The number of benzene rings is 2. The highest BCUT2D eigenvalue weighted by molar-refractivity contribution is 6.00. The minimum absolute atomic E-state index is 0.201. The molecule has 0 bridgehead atoms. The molecule has 0 atom stereocenters. The second kappa shape index (κ2) is 9.57. The van der Waals surface area contributed by atoms with E-state index in [4.69, 9.17) is 4.74 Å². The highest BCUT2D eigenvalue weighted by atomic mass is 19.4. The number of hydrogen-bond acceptors (Lipinski definition) is 3. The van der Waals surface area contributed by atoms with Crippen LogP contribution in [0, 0.1) is 0 Å². The molecule has 1 aliphatic rings. The molecule has 1 fully saturated rings. The Morgan fingerprint density at radius 3 is 2.06 bits per heavy atom. The van der Waals surface area contributed by atoms with Gasteiger partial charge in [-0.15, -0.1) is 0 Å². The summed E-state index contributed by atoms with van der Waals surface area (Å²) in [5, 5.41) is 6.47. The Hall–Kier alpha value is -3.48. The number of hydrogen-bond donors (Lipinski definition) is 3. The minimum atomic E-state index is -4.86. The van der Waals surface area contributed by atoms with E-state index in [0.29, 0.717) is 12.1 Å². The Morgan fingerprint density at radius 2 is 1.45 bits per heavy atom. The van der Waals surface area contributed by atoms with Crippen molar-refractivity contribution in [3.05, 3.63) is 53.6 Å². The van der Waals surface area contributed by atoms with Crippen molar-refractivity contribution < 1.29 is 40.7 Å². The van der Waals surface area contributed by atoms with Gasteiger partial charge in [-0.05, 0) is 36.4 Å². The van der Waals surface area contributed by atoms with Crippen molar-refractivity contribution >= 4 is 29.1 Å². The van der Waals surface area contributed by atoms with Gasteiger partial charge in [0.2, 0.25) is 0 Å². The van der Waals surface area contributed by atoms with Crippen LogP contribution in [0.25, 0.3) is 0 Å². The van der Waals surface area contributed by atoms with E-state index in [1.807, 2.05) is 0 Å². The van der Waals surface area contributed by atoms with Crippen LogP contribution in [0.4, 0.5) is 53.0 Å². The molecule has 0 saturated carbocycles. The van der Waals surface area contributed by atoms with E-state index < -0.39 is 41.2 Å². The Balaban J connectivity index is 1.73. The first-order chi connectivity index (χ1) is 15.4. The summed E-state index contributed by atoms with van der Waals surface area (Å²) in [6.45, 7) is 0.984. The second-order valence-electron chi connectivity index (χ2n) is 6.95. The molecule has 0 radical (unpaired) electrons. The van der Waals surface area contributed by atoms with E-state index in [2.05, 4.69) is 16.0 Å². The summed E-state index contributed by atoms with van der Waals surface area (Å²) in [6.07, 6.45) is -9.49. The summed E-state index contributed by atoms with van der Waals surface area (Å²) in [4.78, 5) is 25.6. The number of carbonyl (C=O) groups excluding carboxylic acids is 2. The maximum absolute atomic E-state index is 13.5. The molecule has 7 nitrogen and oxygen atoms in total. The number of nitrogens with zero attached hydrogens (tertiary/aromatic N) is 1. The highest BCUT2D eigenvalue weighted by Crippen LogP contribution is 2.37. The van der Waals surface area contributed by atoms with Crippen LogP contribution in [0.1, 0.15) is 11.1 Å². The zero-order valence-corrected chi connectivity index (χ0v) is 16.8. The molecule has 33 heavy (non-hydrogen) atoms. The maximum Gasteiger partial charge on any atom is 0.418 e. The number of ether oxygens (including phenoxy) is 1. The van der Waals surface area contributed by atoms with Crippen molar-refractivity contribution in [2.24, 2.45) is 0 Å². The summed E-state index contributed by atoms with van der Waals surface area (Å²) in [6, 6.07) is 4.69. The van der Waals surface area contributed by atoms with Crippen LogP contribution in [0.5, 0.6) is 0 Å². The van der Waals surface area contributed by atoms with Crippen LogP contribution in [-0.4, -0.2) is 43.3 Å². The van der Waals surface area contributed by atoms with E-state index in [1.165, 1.54) is 11.0 Å². The molecule has 2 aromatic rings. The SMILES string of the molecule is O=C(Nc1cccc(C(F)(F)F)c1)Nc1ccc(NC(=O)N2CCOCC2)c(C(F)(F)F)c1. The summed E-state index contributed by atoms with van der Waals surface area (Å²) in [5.74, 6) is 0. The third-order valence-corrected chi connectivity index (χ3v) is 4.57. The van der Waals surface area contributed by atoms with E-state index in [0.717, 1.165) is 24.3 Å². The van der Waals surface area contributed by atoms with Gasteiger partial charge < -0.3 is 25.6 Å². The molecule has 4 amide bonds. The average Bonchev–Trinajstić information content (AvgIpc) is 2.74. The largest absolute Gasteiger partial charge is 0.418 e. The highest BCUT2D eigenvalue weighted by Gasteiger charge is 2.35. The number of urea groups is 2. The number of anilines is 3. The number of rotatable bonds is 3. The van der Waals surface area contributed by atoms with E-state index in [1.54, 1.807) is 0 Å². The van der Waals surface area contributed by atoms with Gasteiger partial charge in [0, 0.05) is 24.5 Å². The first kappa shape index (κ1) is 24.2. The first-order valence-electron chi connectivity index (χ1n) is 9.53. The van der Waals surface area contributed by atoms with Gasteiger partial charge in [-0.2, -0.15) is 26.3 Å². The number of alkyl halides is 6.